The molecule has 2 aromatic rings. The molecule has 0 radical (unpaired) electrons. The monoisotopic (exact) mass is 370 g/mol. The fourth-order valence-electron chi connectivity index (χ4n) is 3.10. The van der Waals surface area contributed by atoms with E-state index in [-0.39, 0.29) is 12.5 Å². The number of benzene rings is 1. The first-order valence-electron chi connectivity index (χ1n) is 8.97. The van der Waals surface area contributed by atoms with Crippen LogP contribution in [0.1, 0.15) is 17.2 Å². The van der Waals surface area contributed by atoms with Gasteiger partial charge in [0, 0.05) is 39.9 Å². The second-order valence-corrected chi connectivity index (χ2v) is 6.69. The zero-order chi connectivity index (χ0) is 19.4. The molecule has 1 saturated heterocycles. The lowest BCUT2D eigenvalue weighted by Crippen LogP contribution is -2.55. The van der Waals surface area contributed by atoms with E-state index >= 15 is 0 Å². The number of aryl methyl sites for hydroxylation is 2. The topological polar surface area (TPSA) is 86.0 Å². The van der Waals surface area contributed by atoms with Crippen molar-refractivity contribution in [3.8, 4) is 0 Å². The Kier molecular flexibility index (Phi) is 5.75. The third-order valence-corrected chi connectivity index (χ3v) is 4.65. The fourth-order valence-corrected chi connectivity index (χ4v) is 3.10. The number of aliphatic hydroxyl groups excluding tert-OH is 1. The van der Waals surface area contributed by atoms with Gasteiger partial charge >= 0.3 is 0 Å². The molecule has 1 aliphatic rings. The number of amides is 1. The van der Waals surface area contributed by atoms with Crippen LogP contribution in [0.15, 0.2) is 41.7 Å². The number of piperazine rings is 1. The van der Waals surface area contributed by atoms with Gasteiger partial charge in [-0.2, -0.15) is 5.10 Å². The summed E-state index contributed by atoms with van der Waals surface area (Å²) in [7, 11) is 3.51. The third kappa shape index (κ3) is 4.46. The van der Waals surface area contributed by atoms with E-state index in [0.717, 1.165) is 16.8 Å². The standard InChI is InChI=1S/C19H26N6O2/c1-14-4-6-15(7-5-14)17(26)11-21-19(20-2)24-8-9-25(18(27)13-24)16-10-22-23(3)12-16/h4-7,10,12,17,26H,8-9,11,13H2,1-3H3,(H,20,21). The summed E-state index contributed by atoms with van der Waals surface area (Å²) in [6.07, 6.45) is 2.88. The third-order valence-electron chi connectivity index (χ3n) is 4.65. The molecular weight excluding hydrogens is 344 g/mol. The Labute approximate surface area is 159 Å². The first-order valence-corrected chi connectivity index (χ1v) is 8.97. The highest BCUT2D eigenvalue weighted by molar-refractivity contribution is 5.98. The van der Waals surface area contributed by atoms with Gasteiger partial charge in [0.1, 0.15) is 6.54 Å². The van der Waals surface area contributed by atoms with E-state index in [1.807, 2.05) is 49.3 Å². The van der Waals surface area contributed by atoms with Crippen molar-refractivity contribution in [3.63, 3.8) is 0 Å². The minimum absolute atomic E-state index is 0.00344. The number of nitrogens with zero attached hydrogens (tertiary/aromatic N) is 5. The predicted molar refractivity (Wildman–Crippen MR) is 105 cm³/mol. The van der Waals surface area contributed by atoms with Gasteiger partial charge in [-0.15, -0.1) is 0 Å². The minimum atomic E-state index is -0.644. The van der Waals surface area contributed by atoms with Crippen molar-refractivity contribution < 1.29 is 9.90 Å². The summed E-state index contributed by atoms with van der Waals surface area (Å²) in [6, 6.07) is 7.79. The van der Waals surface area contributed by atoms with Crippen molar-refractivity contribution in [2.45, 2.75) is 13.0 Å². The van der Waals surface area contributed by atoms with Crippen LogP contribution in [0.25, 0.3) is 0 Å². The van der Waals surface area contributed by atoms with Crippen LogP contribution >= 0.6 is 0 Å². The maximum absolute atomic E-state index is 12.5. The molecule has 1 aromatic heterocycles. The lowest BCUT2D eigenvalue weighted by molar-refractivity contribution is -0.120. The summed E-state index contributed by atoms with van der Waals surface area (Å²) in [5.74, 6) is 0.608. The zero-order valence-corrected chi connectivity index (χ0v) is 16.0. The number of aromatic nitrogens is 2. The molecule has 1 amide bonds. The van der Waals surface area contributed by atoms with Gasteiger partial charge in [-0.25, -0.2) is 0 Å². The SMILES string of the molecule is CN=C(NCC(O)c1ccc(C)cc1)N1CCN(c2cnn(C)c2)C(=O)C1. The van der Waals surface area contributed by atoms with Crippen molar-refractivity contribution >= 4 is 17.6 Å². The maximum Gasteiger partial charge on any atom is 0.246 e. The van der Waals surface area contributed by atoms with Crippen molar-refractivity contribution in [1.82, 2.24) is 20.0 Å². The van der Waals surface area contributed by atoms with Crippen LogP contribution in [0, 0.1) is 6.92 Å². The van der Waals surface area contributed by atoms with Crippen LogP contribution in [0.2, 0.25) is 0 Å². The number of hydrogen-bond donors (Lipinski definition) is 2. The highest BCUT2D eigenvalue weighted by Gasteiger charge is 2.27. The number of aliphatic hydroxyl groups is 1. The molecule has 1 aliphatic heterocycles. The Balaban J connectivity index is 1.57. The van der Waals surface area contributed by atoms with Crippen molar-refractivity contribution in [1.29, 1.82) is 0 Å². The first-order chi connectivity index (χ1) is 13.0. The molecule has 2 heterocycles. The molecule has 0 bridgehead atoms. The summed E-state index contributed by atoms with van der Waals surface area (Å²) in [4.78, 5) is 20.4. The molecule has 1 fully saturated rings. The normalized spacial score (nSPS) is 16.6. The summed E-state index contributed by atoms with van der Waals surface area (Å²) in [6.45, 7) is 3.78. The largest absolute Gasteiger partial charge is 0.387 e. The molecule has 0 spiro atoms. The van der Waals surface area contributed by atoms with Crippen molar-refractivity contribution in [3.05, 3.63) is 47.8 Å². The molecule has 1 aromatic carbocycles. The Morgan fingerprint density at radius 3 is 2.67 bits per heavy atom. The van der Waals surface area contributed by atoms with E-state index < -0.39 is 6.10 Å². The van der Waals surface area contributed by atoms with Gasteiger partial charge in [0.2, 0.25) is 5.91 Å². The first kappa shape index (κ1) is 18.9. The second-order valence-electron chi connectivity index (χ2n) is 6.69. The number of rotatable bonds is 4. The van der Waals surface area contributed by atoms with Gasteiger partial charge in [-0.05, 0) is 12.5 Å². The van der Waals surface area contributed by atoms with E-state index in [1.54, 1.807) is 22.8 Å². The molecule has 144 valence electrons. The van der Waals surface area contributed by atoms with E-state index in [1.165, 1.54) is 0 Å². The van der Waals surface area contributed by atoms with Crippen LogP contribution in [-0.2, 0) is 11.8 Å². The van der Waals surface area contributed by atoms with Crippen LogP contribution in [0.3, 0.4) is 0 Å². The molecule has 8 heteroatoms. The van der Waals surface area contributed by atoms with Gasteiger partial charge in [-0.3, -0.25) is 14.5 Å². The van der Waals surface area contributed by atoms with Crippen molar-refractivity contribution in [2.75, 3.05) is 38.1 Å². The Bertz CT molecular complexity index is 814. The Morgan fingerprint density at radius 1 is 1.33 bits per heavy atom. The van der Waals surface area contributed by atoms with E-state index in [2.05, 4.69) is 15.4 Å². The summed E-state index contributed by atoms with van der Waals surface area (Å²) >= 11 is 0. The van der Waals surface area contributed by atoms with Gasteiger partial charge < -0.3 is 20.2 Å². The quantitative estimate of drug-likeness (QED) is 0.611. The van der Waals surface area contributed by atoms with Crippen molar-refractivity contribution in [2.24, 2.45) is 12.0 Å². The molecule has 3 rings (SSSR count). The van der Waals surface area contributed by atoms with Gasteiger partial charge in [0.05, 0.1) is 18.0 Å². The molecule has 27 heavy (non-hydrogen) atoms. The predicted octanol–water partition coefficient (Wildman–Crippen LogP) is 0.686. The Hall–Kier alpha value is -2.87. The lowest BCUT2D eigenvalue weighted by atomic mass is 10.1. The zero-order valence-electron chi connectivity index (χ0n) is 16.0. The summed E-state index contributed by atoms with van der Waals surface area (Å²) < 4.78 is 1.68. The van der Waals surface area contributed by atoms with Crippen LogP contribution in [0.4, 0.5) is 5.69 Å². The fraction of sp³-hybridized carbons (Fsp3) is 0.421. The van der Waals surface area contributed by atoms with Crippen LogP contribution < -0.4 is 10.2 Å². The maximum atomic E-state index is 12.5. The van der Waals surface area contributed by atoms with Gasteiger partial charge in [0.15, 0.2) is 5.96 Å². The van der Waals surface area contributed by atoms with Gasteiger partial charge in [0.25, 0.3) is 0 Å². The molecule has 1 atom stereocenters. The summed E-state index contributed by atoms with van der Waals surface area (Å²) in [5, 5.41) is 17.7. The molecule has 1 unspecified atom stereocenters. The lowest BCUT2D eigenvalue weighted by Gasteiger charge is -2.35. The number of aliphatic imine (C=N–C) groups is 1. The smallest absolute Gasteiger partial charge is 0.246 e. The molecule has 2 N–H and O–H groups in total. The molecule has 0 aliphatic carbocycles. The number of carbonyl (C=O) groups is 1. The minimum Gasteiger partial charge on any atom is -0.387 e. The van der Waals surface area contributed by atoms with E-state index in [4.69, 9.17) is 0 Å². The second kappa shape index (κ2) is 8.22. The highest BCUT2D eigenvalue weighted by atomic mass is 16.3. The summed E-state index contributed by atoms with van der Waals surface area (Å²) in [5.41, 5.74) is 2.81. The average molecular weight is 370 g/mol. The molecule has 8 nitrogen and oxygen atoms in total. The number of nitrogens with one attached hydrogen (secondary N) is 1. The van der Waals surface area contributed by atoms with Gasteiger partial charge in [-0.1, -0.05) is 29.8 Å². The van der Waals surface area contributed by atoms with Crippen LogP contribution in [-0.4, -0.2) is 64.9 Å². The van der Waals surface area contributed by atoms with E-state index in [9.17, 15) is 9.90 Å². The average Bonchev–Trinajstić information content (AvgIpc) is 3.09. The number of carbonyl (C=O) groups excluding carboxylic acids is 1. The number of anilines is 1. The number of guanidine groups is 1. The number of hydrogen-bond acceptors (Lipinski definition) is 4. The highest BCUT2D eigenvalue weighted by Crippen LogP contribution is 2.16. The van der Waals surface area contributed by atoms with Crippen LogP contribution in [0.5, 0.6) is 0 Å². The molecule has 0 saturated carbocycles. The van der Waals surface area contributed by atoms with E-state index in [0.29, 0.717) is 25.6 Å². The molecular formula is C19H26N6O2. The Morgan fingerprint density at radius 2 is 2.07 bits per heavy atom.